The standard InChI is InChI=1S/C20H29N3O3/c1-20(2,3)14-21-19(25)23-10-8-22(9-11-23)18(24)16-6-7-17-15(13-16)5-4-12-26-17/h6-7,13H,4-5,8-12,14H2,1-3H3,(H,21,25). The van der Waals surface area contributed by atoms with Gasteiger partial charge in [0.2, 0.25) is 0 Å². The molecule has 1 fully saturated rings. The van der Waals surface area contributed by atoms with Crippen molar-refractivity contribution in [2.45, 2.75) is 33.6 Å². The van der Waals surface area contributed by atoms with Crippen LogP contribution in [0.15, 0.2) is 18.2 Å². The van der Waals surface area contributed by atoms with Gasteiger partial charge in [0, 0.05) is 38.3 Å². The van der Waals surface area contributed by atoms with Crippen molar-refractivity contribution in [1.82, 2.24) is 15.1 Å². The third kappa shape index (κ3) is 4.48. The number of amides is 3. The van der Waals surface area contributed by atoms with Crippen LogP contribution in [0.5, 0.6) is 5.75 Å². The minimum atomic E-state index is -0.0436. The van der Waals surface area contributed by atoms with E-state index in [-0.39, 0.29) is 17.4 Å². The summed E-state index contributed by atoms with van der Waals surface area (Å²) >= 11 is 0. The first-order valence-corrected chi connectivity index (χ1v) is 9.41. The fraction of sp³-hybridized carbons (Fsp3) is 0.600. The summed E-state index contributed by atoms with van der Waals surface area (Å²) in [4.78, 5) is 28.7. The Labute approximate surface area is 155 Å². The Kier molecular flexibility index (Phi) is 5.39. The van der Waals surface area contributed by atoms with Gasteiger partial charge in [0.05, 0.1) is 6.61 Å². The van der Waals surface area contributed by atoms with Crippen LogP contribution in [-0.2, 0) is 6.42 Å². The first-order chi connectivity index (χ1) is 12.3. The summed E-state index contributed by atoms with van der Waals surface area (Å²) in [5, 5.41) is 2.97. The summed E-state index contributed by atoms with van der Waals surface area (Å²) in [6.45, 7) is 9.92. The number of hydrogen-bond acceptors (Lipinski definition) is 3. The highest BCUT2D eigenvalue weighted by molar-refractivity contribution is 5.94. The summed E-state index contributed by atoms with van der Waals surface area (Å²) in [6.07, 6.45) is 1.95. The van der Waals surface area contributed by atoms with Gasteiger partial charge in [-0.15, -0.1) is 0 Å². The topological polar surface area (TPSA) is 61.9 Å². The quantitative estimate of drug-likeness (QED) is 0.883. The van der Waals surface area contributed by atoms with Crippen molar-refractivity contribution in [2.24, 2.45) is 5.41 Å². The number of urea groups is 1. The third-order valence-electron chi connectivity index (χ3n) is 4.78. The molecule has 26 heavy (non-hydrogen) atoms. The summed E-state index contributed by atoms with van der Waals surface area (Å²) in [7, 11) is 0. The first-order valence-electron chi connectivity index (χ1n) is 9.41. The number of fused-ring (bicyclic) bond motifs is 1. The van der Waals surface area contributed by atoms with Crippen LogP contribution >= 0.6 is 0 Å². The number of nitrogens with zero attached hydrogens (tertiary/aromatic N) is 2. The van der Waals surface area contributed by atoms with Crippen molar-refractivity contribution in [3.05, 3.63) is 29.3 Å². The summed E-state index contributed by atoms with van der Waals surface area (Å²) in [5.41, 5.74) is 1.88. The minimum Gasteiger partial charge on any atom is -0.493 e. The monoisotopic (exact) mass is 359 g/mol. The maximum absolute atomic E-state index is 12.8. The molecule has 1 aromatic carbocycles. The molecule has 0 unspecified atom stereocenters. The first kappa shape index (κ1) is 18.5. The molecule has 0 radical (unpaired) electrons. The highest BCUT2D eigenvalue weighted by atomic mass is 16.5. The van der Waals surface area contributed by atoms with Crippen LogP contribution < -0.4 is 10.1 Å². The average Bonchev–Trinajstić information content (AvgIpc) is 2.64. The zero-order valence-corrected chi connectivity index (χ0v) is 16.0. The molecular weight excluding hydrogens is 330 g/mol. The molecule has 6 heteroatoms. The van der Waals surface area contributed by atoms with Crippen molar-refractivity contribution in [3.8, 4) is 5.75 Å². The van der Waals surface area contributed by atoms with Gasteiger partial charge in [-0.05, 0) is 42.0 Å². The molecule has 1 saturated heterocycles. The smallest absolute Gasteiger partial charge is 0.317 e. The normalized spacial score (nSPS) is 17.3. The molecule has 2 aliphatic rings. The van der Waals surface area contributed by atoms with E-state index in [0.717, 1.165) is 30.8 Å². The molecular formula is C20H29N3O3. The van der Waals surface area contributed by atoms with Crippen LogP contribution in [0.3, 0.4) is 0 Å². The lowest BCUT2D eigenvalue weighted by molar-refractivity contribution is 0.0664. The Hall–Kier alpha value is -2.24. The number of carbonyl (C=O) groups excluding carboxylic acids is 2. The SMILES string of the molecule is CC(C)(C)CNC(=O)N1CCN(C(=O)c2ccc3c(c2)CCCO3)CC1. The Morgan fingerprint density at radius 1 is 1.12 bits per heavy atom. The second-order valence-corrected chi connectivity index (χ2v) is 8.27. The molecule has 2 heterocycles. The summed E-state index contributed by atoms with van der Waals surface area (Å²) < 4.78 is 5.61. The van der Waals surface area contributed by atoms with E-state index in [0.29, 0.717) is 38.3 Å². The number of ether oxygens (including phenoxy) is 1. The van der Waals surface area contributed by atoms with E-state index in [2.05, 4.69) is 26.1 Å². The van der Waals surface area contributed by atoms with Gasteiger partial charge in [0.15, 0.2) is 0 Å². The van der Waals surface area contributed by atoms with Gasteiger partial charge in [-0.2, -0.15) is 0 Å². The van der Waals surface area contributed by atoms with E-state index in [4.69, 9.17) is 4.74 Å². The molecule has 0 atom stereocenters. The molecule has 2 aliphatic heterocycles. The second-order valence-electron chi connectivity index (χ2n) is 8.27. The molecule has 0 spiro atoms. The maximum atomic E-state index is 12.8. The van der Waals surface area contributed by atoms with Crippen molar-refractivity contribution < 1.29 is 14.3 Å². The van der Waals surface area contributed by atoms with Crippen molar-refractivity contribution in [1.29, 1.82) is 0 Å². The van der Waals surface area contributed by atoms with E-state index in [9.17, 15) is 9.59 Å². The molecule has 3 amide bonds. The highest BCUT2D eigenvalue weighted by Crippen LogP contribution is 2.26. The van der Waals surface area contributed by atoms with Gasteiger partial charge >= 0.3 is 6.03 Å². The number of aryl methyl sites for hydroxylation is 1. The number of nitrogens with one attached hydrogen (secondary N) is 1. The van der Waals surface area contributed by atoms with E-state index < -0.39 is 0 Å². The molecule has 0 aromatic heterocycles. The van der Waals surface area contributed by atoms with Crippen molar-refractivity contribution in [2.75, 3.05) is 39.3 Å². The van der Waals surface area contributed by atoms with Gasteiger partial charge in [-0.3, -0.25) is 4.79 Å². The highest BCUT2D eigenvalue weighted by Gasteiger charge is 2.26. The molecule has 1 aromatic rings. The van der Waals surface area contributed by atoms with E-state index >= 15 is 0 Å². The second kappa shape index (κ2) is 7.56. The average molecular weight is 359 g/mol. The number of carbonyl (C=O) groups is 2. The lowest BCUT2D eigenvalue weighted by Gasteiger charge is -2.35. The molecule has 0 saturated carbocycles. The molecule has 3 rings (SSSR count). The predicted octanol–water partition coefficient (Wildman–Crippen LogP) is 2.53. The molecule has 0 bridgehead atoms. The molecule has 142 valence electrons. The fourth-order valence-electron chi connectivity index (χ4n) is 3.24. The van der Waals surface area contributed by atoms with Gasteiger partial charge < -0.3 is 19.9 Å². The number of hydrogen-bond donors (Lipinski definition) is 1. The van der Waals surface area contributed by atoms with Gasteiger partial charge in [-0.25, -0.2) is 4.79 Å². The van der Waals surface area contributed by atoms with Crippen molar-refractivity contribution in [3.63, 3.8) is 0 Å². The number of benzene rings is 1. The van der Waals surface area contributed by atoms with Gasteiger partial charge in [-0.1, -0.05) is 20.8 Å². The Bertz CT molecular complexity index is 673. The van der Waals surface area contributed by atoms with Crippen LogP contribution in [-0.4, -0.2) is 61.1 Å². The Morgan fingerprint density at radius 3 is 2.50 bits per heavy atom. The molecule has 6 nitrogen and oxygen atoms in total. The van der Waals surface area contributed by atoms with Crippen LogP contribution in [0.4, 0.5) is 4.79 Å². The number of rotatable bonds is 2. The largest absolute Gasteiger partial charge is 0.493 e. The maximum Gasteiger partial charge on any atom is 0.317 e. The van der Waals surface area contributed by atoms with Crippen LogP contribution in [0, 0.1) is 5.41 Å². The van der Waals surface area contributed by atoms with Gasteiger partial charge in [0.1, 0.15) is 5.75 Å². The van der Waals surface area contributed by atoms with Crippen molar-refractivity contribution >= 4 is 11.9 Å². The Morgan fingerprint density at radius 2 is 1.81 bits per heavy atom. The van der Waals surface area contributed by atoms with Crippen LogP contribution in [0.25, 0.3) is 0 Å². The summed E-state index contributed by atoms with van der Waals surface area (Å²) in [6, 6.07) is 5.66. The zero-order chi connectivity index (χ0) is 18.7. The Balaban J connectivity index is 1.54. The van der Waals surface area contributed by atoms with Gasteiger partial charge in [0.25, 0.3) is 5.91 Å². The molecule has 1 N–H and O–H groups in total. The third-order valence-corrected chi connectivity index (χ3v) is 4.78. The van der Waals surface area contributed by atoms with Crippen LogP contribution in [0.1, 0.15) is 43.1 Å². The minimum absolute atomic E-state index is 0.0353. The summed E-state index contributed by atoms with van der Waals surface area (Å²) in [5.74, 6) is 0.932. The molecule has 0 aliphatic carbocycles. The lowest BCUT2D eigenvalue weighted by atomic mass is 9.97. The van der Waals surface area contributed by atoms with E-state index in [1.807, 2.05) is 23.1 Å². The predicted molar refractivity (Wildman–Crippen MR) is 101 cm³/mol. The van der Waals surface area contributed by atoms with E-state index in [1.165, 1.54) is 0 Å². The lowest BCUT2D eigenvalue weighted by Crippen LogP contribution is -2.53. The number of piperazine rings is 1. The van der Waals surface area contributed by atoms with Crippen LogP contribution in [0.2, 0.25) is 0 Å². The zero-order valence-electron chi connectivity index (χ0n) is 16.0. The fourth-order valence-corrected chi connectivity index (χ4v) is 3.24. The van der Waals surface area contributed by atoms with E-state index in [1.54, 1.807) is 4.90 Å².